The molecule has 5 nitrogen and oxygen atoms in total. The molecule has 1 aliphatic heterocycles. The monoisotopic (exact) mass is 371 g/mol. The van der Waals surface area contributed by atoms with Crippen molar-refractivity contribution in [2.75, 3.05) is 18.1 Å². The first-order valence-corrected chi connectivity index (χ1v) is 10.5. The Kier molecular flexibility index (Phi) is 5.31. The molecule has 0 spiro atoms. The maximum atomic E-state index is 12.4. The summed E-state index contributed by atoms with van der Waals surface area (Å²) in [5, 5.41) is 15.1. The van der Waals surface area contributed by atoms with Crippen LogP contribution in [0.3, 0.4) is 0 Å². The number of rotatable bonds is 7. The Morgan fingerprint density at radius 1 is 1.27 bits per heavy atom. The van der Waals surface area contributed by atoms with Crippen molar-refractivity contribution in [3.05, 3.63) is 53.3 Å². The normalized spacial score (nSPS) is 17.8. The van der Waals surface area contributed by atoms with Crippen molar-refractivity contribution in [1.29, 1.82) is 0 Å². The molecule has 26 heavy (non-hydrogen) atoms. The van der Waals surface area contributed by atoms with E-state index in [9.17, 15) is 9.90 Å². The van der Waals surface area contributed by atoms with Crippen LogP contribution in [-0.4, -0.2) is 43.7 Å². The molecule has 2 aromatic rings. The van der Waals surface area contributed by atoms with Crippen LogP contribution in [0.25, 0.3) is 0 Å². The van der Waals surface area contributed by atoms with Crippen LogP contribution in [0.1, 0.15) is 35.9 Å². The molecular weight excluding hydrogens is 346 g/mol. The van der Waals surface area contributed by atoms with E-state index in [2.05, 4.69) is 5.10 Å². The molecule has 1 atom stereocenters. The molecule has 1 unspecified atom stereocenters. The molecule has 2 aliphatic rings. The van der Waals surface area contributed by atoms with Gasteiger partial charge in [0.1, 0.15) is 6.10 Å². The molecule has 2 heterocycles. The molecule has 6 heteroatoms. The summed E-state index contributed by atoms with van der Waals surface area (Å²) in [6, 6.07) is 11.9. The van der Waals surface area contributed by atoms with E-state index in [4.69, 9.17) is 0 Å². The number of benzene rings is 1. The van der Waals surface area contributed by atoms with Gasteiger partial charge in [-0.15, -0.1) is 0 Å². The molecular formula is C20H25N3O2S. The second-order valence-electron chi connectivity index (χ2n) is 7.26. The molecule has 1 amide bonds. The lowest BCUT2D eigenvalue weighted by molar-refractivity contribution is -0.129. The highest BCUT2D eigenvalue weighted by atomic mass is 32.2. The van der Waals surface area contributed by atoms with Gasteiger partial charge in [-0.3, -0.25) is 9.48 Å². The number of hydrogen-bond donors (Lipinski definition) is 1. The molecule has 1 saturated carbocycles. The number of aromatic nitrogens is 2. The minimum absolute atomic E-state index is 0.217. The standard InChI is InChI=1S/C20H25N3O2S/c24-19(10-15-4-2-1-3-5-15)18-11-17-12-22(8-9-23(17)21-18)20(25)14-26-13-16-6-7-16/h1-5,11,16,19,24H,6-10,12-14H2. The number of carbonyl (C=O) groups is 1. The second-order valence-corrected chi connectivity index (χ2v) is 8.29. The molecule has 4 rings (SSSR count). The summed E-state index contributed by atoms with van der Waals surface area (Å²) in [5.41, 5.74) is 2.80. The fourth-order valence-corrected chi connectivity index (χ4v) is 4.44. The highest BCUT2D eigenvalue weighted by Crippen LogP contribution is 2.32. The number of aliphatic hydroxyl groups is 1. The van der Waals surface area contributed by atoms with Crippen molar-refractivity contribution in [2.45, 2.75) is 38.5 Å². The van der Waals surface area contributed by atoms with Gasteiger partial charge in [0.2, 0.25) is 5.91 Å². The molecule has 1 fully saturated rings. The Labute approximate surface area is 158 Å². The third-order valence-electron chi connectivity index (χ3n) is 5.06. The van der Waals surface area contributed by atoms with Crippen molar-refractivity contribution in [3.8, 4) is 0 Å². The summed E-state index contributed by atoms with van der Waals surface area (Å²) in [7, 11) is 0. The second kappa shape index (κ2) is 7.84. The van der Waals surface area contributed by atoms with Gasteiger partial charge in [-0.2, -0.15) is 16.9 Å². The lowest BCUT2D eigenvalue weighted by Crippen LogP contribution is -2.39. The van der Waals surface area contributed by atoms with E-state index in [1.54, 1.807) is 11.8 Å². The largest absolute Gasteiger partial charge is 0.386 e. The zero-order chi connectivity index (χ0) is 17.9. The highest BCUT2D eigenvalue weighted by molar-refractivity contribution is 7.99. The summed E-state index contributed by atoms with van der Waals surface area (Å²) < 4.78 is 1.94. The van der Waals surface area contributed by atoms with Crippen LogP contribution >= 0.6 is 11.8 Å². The summed E-state index contributed by atoms with van der Waals surface area (Å²) in [5.74, 6) is 2.76. The maximum absolute atomic E-state index is 12.4. The fourth-order valence-electron chi connectivity index (χ4n) is 3.29. The zero-order valence-electron chi connectivity index (χ0n) is 14.9. The van der Waals surface area contributed by atoms with Gasteiger partial charge in [0.15, 0.2) is 0 Å². The molecule has 0 saturated heterocycles. The number of hydrogen-bond acceptors (Lipinski definition) is 4. The van der Waals surface area contributed by atoms with Gasteiger partial charge in [0.05, 0.1) is 30.2 Å². The average Bonchev–Trinajstić information content (AvgIpc) is 3.37. The molecule has 1 aromatic heterocycles. The first-order valence-electron chi connectivity index (χ1n) is 9.33. The van der Waals surface area contributed by atoms with Crippen LogP contribution in [0.4, 0.5) is 0 Å². The van der Waals surface area contributed by atoms with Gasteiger partial charge in [-0.1, -0.05) is 30.3 Å². The Morgan fingerprint density at radius 3 is 2.85 bits per heavy atom. The van der Waals surface area contributed by atoms with Crippen LogP contribution in [0, 0.1) is 5.92 Å². The fraction of sp³-hybridized carbons (Fsp3) is 0.500. The van der Waals surface area contributed by atoms with Crippen LogP contribution in [0.2, 0.25) is 0 Å². The average molecular weight is 372 g/mol. The summed E-state index contributed by atoms with van der Waals surface area (Å²) >= 11 is 1.76. The third-order valence-corrected chi connectivity index (χ3v) is 6.22. The number of fused-ring (bicyclic) bond motifs is 1. The van der Waals surface area contributed by atoms with E-state index < -0.39 is 6.10 Å². The first-order chi connectivity index (χ1) is 12.7. The topological polar surface area (TPSA) is 58.4 Å². The molecule has 0 radical (unpaired) electrons. The van der Waals surface area contributed by atoms with Crippen molar-refractivity contribution in [3.63, 3.8) is 0 Å². The van der Waals surface area contributed by atoms with E-state index in [0.29, 0.717) is 37.5 Å². The van der Waals surface area contributed by atoms with Crippen molar-refractivity contribution in [2.24, 2.45) is 5.92 Å². The summed E-state index contributed by atoms with van der Waals surface area (Å²) in [6.07, 6.45) is 2.60. The number of carbonyl (C=O) groups excluding carboxylic acids is 1. The number of amides is 1. The van der Waals surface area contributed by atoms with Gasteiger partial charge < -0.3 is 10.0 Å². The highest BCUT2D eigenvalue weighted by Gasteiger charge is 2.25. The first kappa shape index (κ1) is 17.6. The SMILES string of the molecule is O=C(CSCC1CC1)N1CCn2nc(C(O)Cc3ccccc3)cc2C1. The van der Waals surface area contributed by atoms with E-state index in [1.807, 2.05) is 46.0 Å². The zero-order valence-corrected chi connectivity index (χ0v) is 15.7. The van der Waals surface area contributed by atoms with Crippen LogP contribution in [0.15, 0.2) is 36.4 Å². The Hall–Kier alpha value is -1.79. The van der Waals surface area contributed by atoms with Gasteiger partial charge in [-0.05, 0) is 36.1 Å². The number of aliphatic hydroxyl groups excluding tert-OH is 1. The lowest BCUT2D eigenvalue weighted by Gasteiger charge is -2.27. The Bertz CT molecular complexity index is 758. The quantitative estimate of drug-likeness (QED) is 0.813. The van der Waals surface area contributed by atoms with Crippen molar-refractivity contribution in [1.82, 2.24) is 14.7 Å². The molecule has 1 N–H and O–H groups in total. The van der Waals surface area contributed by atoms with Crippen LogP contribution in [-0.2, 0) is 24.3 Å². The van der Waals surface area contributed by atoms with Gasteiger partial charge in [0.25, 0.3) is 0 Å². The van der Waals surface area contributed by atoms with Crippen molar-refractivity contribution < 1.29 is 9.90 Å². The summed E-state index contributed by atoms with van der Waals surface area (Å²) in [4.78, 5) is 14.3. The van der Waals surface area contributed by atoms with Crippen LogP contribution in [0.5, 0.6) is 0 Å². The lowest BCUT2D eigenvalue weighted by atomic mass is 10.1. The smallest absolute Gasteiger partial charge is 0.232 e. The van der Waals surface area contributed by atoms with Crippen LogP contribution < -0.4 is 0 Å². The van der Waals surface area contributed by atoms with E-state index in [1.165, 1.54) is 12.8 Å². The minimum atomic E-state index is -0.617. The molecule has 1 aromatic carbocycles. The third kappa shape index (κ3) is 4.30. The van der Waals surface area contributed by atoms with Gasteiger partial charge in [-0.25, -0.2) is 0 Å². The van der Waals surface area contributed by atoms with E-state index in [0.717, 1.165) is 22.9 Å². The molecule has 138 valence electrons. The molecule has 0 bridgehead atoms. The Balaban J connectivity index is 1.34. The van der Waals surface area contributed by atoms with E-state index >= 15 is 0 Å². The number of nitrogens with zero attached hydrogens (tertiary/aromatic N) is 3. The van der Waals surface area contributed by atoms with Crippen molar-refractivity contribution >= 4 is 17.7 Å². The minimum Gasteiger partial charge on any atom is -0.386 e. The maximum Gasteiger partial charge on any atom is 0.232 e. The summed E-state index contributed by atoms with van der Waals surface area (Å²) in [6.45, 7) is 1.99. The Morgan fingerprint density at radius 2 is 2.08 bits per heavy atom. The van der Waals surface area contributed by atoms with E-state index in [-0.39, 0.29) is 5.91 Å². The predicted molar refractivity (Wildman–Crippen MR) is 103 cm³/mol. The molecule has 1 aliphatic carbocycles. The number of thioether (sulfide) groups is 1. The predicted octanol–water partition coefficient (Wildman–Crippen LogP) is 2.64. The van der Waals surface area contributed by atoms with Gasteiger partial charge >= 0.3 is 0 Å². The van der Waals surface area contributed by atoms with Gasteiger partial charge in [0, 0.05) is 13.0 Å².